The van der Waals surface area contributed by atoms with E-state index in [1.807, 2.05) is 30.0 Å². The molecular formula is C24H25ClN4O4. The van der Waals surface area contributed by atoms with Crippen LogP contribution in [0.25, 0.3) is 5.69 Å². The minimum absolute atomic E-state index is 0.102. The lowest BCUT2D eigenvalue weighted by atomic mass is 10.1. The van der Waals surface area contributed by atoms with Gasteiger partial charge in [0.1, 0.15) is 16.5 Å². The maximum Gasteiger partial charge on any atom is 0.292 e. The Hall–Kier alpha value is -3.52. The standard InChI is InChI=1S/C24H25ClN4O4/c1-16-20(32-2)13-17(14-21(16)33-3)23(30)28-11-9-27(10-12-28)19-15-26-29(24(31)22(19)25)18-7-5-4-6-8-18/h4-8,13-15H,9-12H2,1-3H3. The number of amides is 1. The van der Waals surface area contributed by atoms with E-state index in [2.05, 4.69) is 5.10 Å². The third-order valence-corrected chi connectivity index (χ3v) is 6.16. The minimum Gasteiger partial charge on any atom is -0.496 e. The van der Waals surface area contributed by atoms with Crippen LogP contribution in [-0.2, 0) is 0 Å². The number of nitrogens with zero attached hydrogens (tertiary/aromatic N) is 4. The fourth-order valence-corrected chi connectivity index (χ4v) is 4.19. The molecule has 2 heterocycles. The zero-order valence-corrected chi connectivity index (χ0v) is 19.5. The Morgan fingerprint density at radius 2 is 1.61 bits per heavy atom. The quantitative estimate of drug-likeness (QED) is 0.572. The van der Waals surface area contributed by atoms with E-state index in [-0.39, 0.29) is 16.5 Å². The number of benzene rings is 2. The highest BCUT2D eigenvalue weighted by Crippen LogP contribution is 2.30. The minimum atomic E-state index is -0.377. The predicted molar refractivity (Wildman–Crippen MR) is 127 cm³/mol. The molecule has 33 heavy (non-hydrogen) atoms. The van der Waals surface area contributed by atoms with Gasteiger partial charge in [0.15, 0.2) is 0 Å². The van der Waals surface area contributed by atoms with Crippen molar-refractivity contribution in [2.45, 2.75) is 6.92 Å². The molecule has 2 aromatic carbocycles. The van der Waals surface area contributed by atoms with Crippen LogP contribution in [-0.4, -0.2) is 61.0 Å². The first-order valence-electron chi connectivity index (χ1n) is 10.5. The SMILES string of the molecule is COc1cc(C(=O)N2CCN(c3cnn(-c4ccccc4)c(=O)c3Cl)CC2)cc(OC)c1C. The summed E-state index contributed by atoms with van der Waals surface area (Å²) in [4.78, 5) is 29.7. The lowest BCUT2D eigenvalue weighted by Crippen LogP contribution is -2.49. The molecule has 1 saturated heterocycles. The number of aromatic nitrogens is 2. The molecule has 0 spiro atoms. The van der Waals surface area contributed by atoms with Crippen molar-refractivity contribution in [2.75, 3.05) is 45.3 Å². The molecule has 0 aliphatic carbocycles. The summed E-state index contributed by atoms with van der Waals surface area (Å²) in [6.45, 7) is 3.91. The largest absolute Gasteiger partial charge is 0.496 e. The van der Waals surface area contributed by atoms with Gasteiger partial charge < -0.3 is 19.3 Å². The predicted octanol–water partition coefficient (Wildman–Crippen LogP) is 3.17. The molecule has 0 N–H and O–H groups in total. The number of ether oxygens (including phenoxy) is 2. The summed E-state index contributed by atoms with van der Waals surface area (Å²) in [6, 6.07) is 12.6. The molecule has 0 unspecified atom stereocenters. The zero-order valence-electron chi connectivity index (χ0n) is 18.7. The summed E-state index contributed by atoms with van der Waals surface area (Å²) >= 11 is 6.43. The molecule has 1 aromatic heterocycles. The molecule has 8 nitrogen and oxygen atoms in total. The lowest BCUT2D eigenvalue weighted by molar-refractivity contribution is 0.0746. The van der Waals surface area contributed by atoms with Crippen molar-refractivity contribution >= 4 is 23.2 Å². The van der Waals surface area contributed by atoms with Gasteiger partial charge in [-0.1, -0.05) is 29.8 Å². The number of anilines is 1. The van der Waals surface area contributed by atoms with Gasteiger partial charge in [-0.3, -0.25) is 9.59 Å². The lowest BCUT2D eigenvalue weighted by Gasteiger charge is -2.36. The van der Waals surface area contributed by atoms with Crippen LogP contribution >= 0.6 is 11.6 Å². The Balaban J connectivity index is 1.50. The van der Waals surface area contributed by atoms with Crippen molar-refractivity contribution in [1.29, 1.82) is 0 Å². The van der Waals surface area contributed by atoms with Gasteiger partial charge in [0.25, 0.3) is 11.5 Å². The first-order valence-corrected chi connectivity index (χ1v) is 10.9. The van der Waals surface area contributed by atoms with Gasteiger partial charge in [-0.25, -0.2) is 0 Å². The number of methoxy groups -OCH3 is 2. The van der Waals surface area contributed by atoms with Crippen LogP contribution < -0.4 is 19.9 Å². The Bertz CT molecular complexity index is 1200. The van der Waals surface area contributed by atoms with Gasteiger partial charge in [0.05, 0.1) is 31.8 Å². The highest BCUT2D eigenvalue weighted by Gasteiger charge is 2.26. The second kappa shape index (κ2) is 9.54. The van der Waals surface area contributed by atoms with Crippen molar-refractivity contribution in [3.05, 3.63) is 75.2 Å². The van der Waals surface area contributed by atoms with Crippen molar-refractivity contribution in [2.24, 2.45) is 0 Å². The normalized spacial score (nSPS) is 13.7. The molecule has 4 rings (SSSR count). The molecule has 0 atom stereocenters. The number of halogens is 1. The van der Waals surface area contributed by atoms with Crippen LogP contribution in [0.4, 0.5) is 5.69 Å². The summed E-state index contributed by atoms with van der Waals surface area (Å²) in [5.41, 5.74) is 2.19. The van der Waals surface area contributed by atoms with Crippen molar-refractivity contribution in [3.63, 3.8) is 0 Å². The fourth-order valence-electron chi connectivity index (χ4n) is 3.94. The van der Waals surface area contributed by atoms with Gasteiger partial charge in [-0.2, -0.15) is 9.78 Å². The van der Waals surface area contributed by atoms with Gasteiger partial charge >= 0.3 is 0 Å². The second-order valence-electron chi connectivity index (χ2n) is 7.68. The molecule has 3 aromatic rings. The van der Waals surface area contributed by atoms with E-state index >= 15 is 0 Å². The Kier molecular flexibility index (Phi) is 6.55. The zero-order chi connectivity index (χ0) is 23.5. The fraction of sp³-hybridized carbons (Fsp3) is 0.292. The third kappa shape index (κ3) is 4.39. The van der Waals surface area contributed by atoms with E-state index in [4.69, 9.17) is 21.1 Å². The average Bonchev–Trinajstić information content (AvgIpc) is 2.86. The van der Waals surface area contributed by atoms with E-state index in [1.54, 1.807) is 49.6 Å². The van der Waals surface area contributed by atoms with Crippen molar-refractivity contribution in [1.82, 2.24) is 14.7 Å². The first-order chi connectivity index (χ1) is 15.9. The van der Waals surface area contributed by atoms with Gasteiger partial charge in [-0.15, -0.1) is 0 Å². The van der Waals surface area contributed by atoms with Crippen molar-refractivity contribution < 1.29 is 14.3 Å². The maximum absolute atomic E-state index is 13.1. The number of rotatable bonds is 5. The maximum atomic E-state index is 13.1. The summed E-state index contributed by atoms with van der Waals surface area (Å²) in [5, 5.41) is 4.41. The average molecular weight is 469 g/mol. The molecule has 172 valence electrons. The van der Waals surface area contributed by atoms with Crippen LogP contribution in [0.5, 0.6) is 11.5 Å². The second-order valence-corrected chi connectivity index (χ2v) is 8.06. The number of carbonyl (C=O) groups is 1. The number of hydrogen-bond acceptors (Lipinski definition) is 6. The van der Waals surface area contributed by atoms with E-state index in [1.165, 1.54) is 4.68 Å². The highest BCUT2D eigenvalue weighted by molar-refractivity contribution is 6.33. The molecule has 1 aliphatic heterocycles. The van der Waals surface area contributed by atoms with Crippen LogP contribution in [0.1, 0.15) is 15.9 Å². The first kappa shape index (κ1) is 22.7. The summed E-state index contributed by atoms with van der Waals surface area (Å²) in [6.07, 6.45) is 1.60. The van der Waals surface area contributed by atoms with Crippen LogP contribution in [0, 0.1) is 6.92 Å². The van der Waals surface area contributed by atoms with Gasteiger partial charge in [0, 0.05) is 37.3 Å². The van der Waals surface area contributed by atoms with Crippen molar-refractivity contribution in [3.8, 4) is 17.2 Å². The van der Waals surface area contributed by atoms with Gasteiger partial charge in [-0.05, 0) is 31.2 Å². The molecule has 1 aliphatic rings. The number of carbonyl (C=O) groups excluding carboxylic acids is 1. The Morgan fingerprint density at radius 3 is 2.18 bits per heavy atom. The van der Waals surface area contributed by atoms with Crippen LogP contribution in [0.3, 0.4) is 0 Å². The molecular weight excluding hydrogens is 444 g/mol. The summed E-state index contributed by atoms with van der Waals surface area (Å²) in [5.74, 6) is 1.11. The molecule has 0 radical (unpaired) electrons. The molecule has 1 amide bonds. The topological polar surface area (TPSA) is 76.9 Å². The molecule has 9 heteroatoms. The third-order valence-electron chi connectivity index (χ3n) is 5.81. The molecule has 0 bridgehead atoms. The molecule has 1 fully saturated rings. The smallest absolute Gasteiger partial charge is 0.292 e. The highest BCUT2D eigenvalue weighted by atomic mass is 35.5. The van der Waals surface area contributed by atoms with E-state index in [0.29, 0.717) is 54.6 Å². The number of piperazine rings is 1. The van der Waals surface area contributed by atoms with E-state index in [9.17, 15) is 9.59 Å². The van der Waals surface area contributed by atoms with Gasteiger partial charge in [0.2, 0.25) is 0 Å². The van der Waals surface area contributed by atoms with Crippen LogP contribution in [0.15, 0.2) is 53.5 Å². The van der Waals surface area contributed by atoms with Crippen LogP contribution in [0.2, 0.25) is 5.02 Å². The monoisotopic (exact) mass is 468 g/mol. The summed E-state index contributed by atoms with van der Waals surface area (Å²) < 4.78 is 12.1. The molecule has 0 saturated carbocycles. The van der Waals surface area contributed by atoms with E-state index in [0.717, 1.165) is 5.56 Å². The Morgan fingerprint density at radius 1 is 1.00 bits per heavy atom. The number of hydrogen-bond donors (Lipinski definition) is 0. The number of para-hydroxylation sites is 1. The summed E-state index contributed by atoms with van der Waals surface area (Å²) in [7, 11) is 3.14. The Labute approximate surface area is 196 Å². The van der Waals surface area contributed by atoms with E-state index < -0.39 is 0 Å².